The van der Waals surface area contributed by atoms with Crippen molar-refractivity contribution in [2.75, 3.05) is 25.6 Å². The van der Waals surface area contributed by atoms with Crippen molar-refractivity contribution in [2.24, 2.45) is 0 Å². The lowest BCUT2D eigenvalue weighted by atomic mass is 10.4. The molecule has 0 atom stereocenters. The van der Waals surface area contributed by atoms with Crippen LogP contribution in [0.5, 0.6) is 0 Å². The molecule has 1 rings (SSSR count). The van der Waals surface area contributed by atoms with Crippen molar-refractivity contribution in [1.82, 2.24) is 10.3 Å². The van der Waals surface area contributed by atoms with Gasteiger partial charge in [-0.15, -0.1) is 22.9 Å². The Labute approximate surface area is 93.4 Å². The van der Waals surface area contributed by atoms with Crippen LogP contribution < -0.4 is 5.32 Å². The first-order valence-corrected chi connectivity index (χ1v) is 6.07. The van der Waals surface area contributed by atoms with E-state index in [0.29, 0.717) is 12.5 Å². The van der Waals surface area contributed by atoms with Gasteiger partial charge in [-0.25, -0.2) is 4.98 Å². The maximum absolute atomic E-state index is 5.46. The summed E-state index contributed by atoms with van der Waals surface area (Å²) in [5.74, 6) is 0.576. The maximum Gasteiger partial charge on any atom is 0.106 e. The number of thiazole rings is 1. The smallest absolute Gasteiger partial charge is 0.106 e. The van der Waals surface area contributed by atoms with Gasteiger partial charge in [0.05, 0.1) is 6.61 Å². The van der Waals surface area contributed by atoms with Gasteiger partial charge in [0, 0.05) is 30.6 Å². The second kappa shape index (κ2) is 8.17. The summed E-state index contributed by atoms with van der Waals surface area (Å²) in [6.45, 7) is 3.24. The molecular formula is C9H15ClN2OS. The van der Waals surface area contributed by atoms with Crippen LogP contribution in [0.3, 0.4) is 0 Å². The number of halogens is 1. The molecule has 1 N–H and O–H groups in total. The van der Waals surface area contributed by atoms with Crippen LogP contribution in [0.2, 0.25) is 0 Å². The Kier molecular flexibility index (Phi) is 6.95. The van der Waals surface area contributed by atoms with Gasteiger partial charge in [-0.05, 0) is 13.0 Å². The van der Waals surface area contributed by atoms with Crippen molar-refractivity contribution in [3.63, 3.8) is 0 Å². The van der Waals surface area contributed by atoms with Crippen LogP contribution in [0.25, 0.3) is 0 Å². The second-order valence-electron chi connectivity index (χ2n) is 2.76. The molecule has 0 aliphatic carbocycles. The van der Waals surface area contributed by atoms with Gasteiger partial charge < -0.3 is 10.1 Å². The van der Waals surface area contributed by atoms with E-state index in [4.69, 9.17) is 16.3 Å². The van der Waals surface area contributed by atoms with Crippen molar-refractivity contribution < 1.29 is 4.74 Å². The van der Waals surface area contributed by atoms with Gasteiger partial charge in [0.2, 0.25) is 0 Å². The monoisotopic (exact) mass is 234 g/mol. The zero-order valence-electron chi connectivity index (χ0n) is 8.04. The number of alkyl halides is 1. The molecule has 0 amide bonds. The van der Waals surface area contributed by atoms with Gasteiger partial charge in [-0.2, -0.15) is 0 Å². The third-order valence-corrected chi connectivity index (χ3v) is 2.56. The lowest BCUT2D eigenvalue weighted by Crippen LogP contribution is -2.16. The zero-order valence-corrected chi connectivity index (χ0v) is 9.61. The molecule has 0 saturated heterocycles. The first-order valence-electron chi connectivity index (χ1n) is 4.66. The summed E-state index contributed by atoms with van der Waals surface area (Å²) in [5.41, 5.74) is 0. The first kappa shape index (κ1) is 11.9. The molecule has 0 aromatic carbocycles. The van der Waals surface area contributed by atoms with E-state index in [9.17, 15) is 0 Å². The van der Waals surface area contributed by atoms with E-state index in [1.165, 1.54) is 0 Å². The number of nitrogens with one attached hydrogen (secondary N) is 1. The van der Waals surface area contributed by atoms with Crippen molar-refractivity contribution in [3.05, 3.63) is 16.6 Å². The Morgan fingerprint density at radius 1 is 1.50 bits per heavy atom. The van der Waals surface area contributed by atoms with Gasteiger partial charge in [0.15, 0.2) is 0 Å². The van der Waals surface area contributed by atoms with E-state index in [1.54, 1.807) is 11.3 Å². The molecule has 1 aromatic rings. The van der Waals surface area contributed by atoms with Gasteiger partial charge >= 0.3 is 0 Å². The molecular weight excluding hydrogens is 220 g/mol. The summed E-state index contributed by atoms with van der Waals surface area (Å²) in [6.07, 6.45) is 2.84. The zero-order chi connectivity index (χ0) is 10.1. The Bertz CT molecular complexity index is 219. The normalized spacial score (nSPS) is 10.6. The van der Waals surface area contributed by atoms with Crippen molar-refractivity contribution in [2.45, 2.75) is 13.0 Å². The highest BCUT2D eigenvalue weighted by molar-refractivity contribution is 7.09. The lowest BCUT2D eigenvalue weighted by molar-refractivity contribution is 0.146. The predicted octanol–water partition coefficient (Wildman–Crippen LogP) is 1.88. The molecule has 0 saturated carbocycles. The van der Waals surface area contributed by atoms with E-state index in [0.717, 1.165) is 31.1 Å². The average Bonchev–Trinajstić information content (AvgIpc) is 2.69. The van der Waals surface area contributed by atoms with E-state index < -0.39 is 0 Å². The topological polar surface area (TPSA) is 34.1 Å². The number of hydrogen-bond donors (Lipinski definition) is 1. The summed E-state index contributed by atoms with van der Waals surface area (Å²) in [7, 11) is 0. The van der Waals surface area contributed by atoms with Crippen LogP contribution in [0.15, 0.2) is 11.6 Å². The summed E-state index contributed by atoms with van der Waals surface area (Å²) in [5, 5.41) is 6.42. The van der Waals surface area contributed by atoms with Gasteiger partial charge in [0.25, 0.3) is 0 Å². The minimum absolute atomic E-state index is 0.576. The highest BCUT2D eigenvalue weighted by atomic mass is 35.5. The van der Waals surface area contributed by atoms with Gasteiger partial charge in [-0.1, -0.05) is 0 Å². The molecule has 14 heavy (non-hydrogen) atoms. The Hall–Kier alpha value is -0.160. The molecule has 1 heterocycles. The SMILES string of the molecule is ClCCOCCCNCc1nccs1. The highest BCUT2D eigenvalue weighted by Crippen LogP contribution is 2.02. The largest absolute Gasteiger partial charge is 0.380 e. The van der Waals surface area contributed by atoms with E-state index >= 15 is 0 Å². The number of ether oxygens (including phenoxy) is 1. The predicted molar refractivity (Wildman–Crippen MR) is 60.0 cm³/mol. The van der Waals surface area contributed by atoms with Crippen molar-refractivity contribution in [3.8, 4) is 0 Å². The minimum atomic E-state index is 0.576. The summed E-state index contributed by atoms with van der Waals surface area (Å²) in [4.78, 5) is 4.17. The number of hydrogen-bond acceptors (Lipinski definition) is 4. The van der Waals surface area contributed by atoms with E-state index in [-0.39, 0.29) is 0 Å². The molecule has 5 heteroatoms. The third kappa shape index (κ3) is 5.54. The van der Waals surface area contributed by atoms with E-state index in [1.807, 2.05) is 11.6 Å². The number of aromatic nitrogens is 1. The number of nitrogens with zero attached hydrogens (tertiary/aromatic N) is 1. The molecule has 80 valence electrons. The third-order valence-electron chi connectivity index (χ3n) is 1.62. The molecule has 0 bridgehead atoms. The maximum atomic E-state index is 5.46. The molecule has 1 aromatic heterocycles. The molecule has 0 aliphatic heterocycles. The van der Waals surface area contributed by atoms with Crippen LogP contribution in [-0.4, -0.2) is 30.6 Å². The first-order chi connectivity index (χ1) is 6.93. The molecule has 0 aliphatic rings. The standard InChI is InChI=1S/C9H15ClN2OS/c10-2-6-13-5-1-3-11-8-9-12-4-7-14-9/h4,7,11H,1-3,5-6,8H2. The van der Waals surface area contributed by atoms with Gasteiger partial charge in [0.1, 0.15) is 5.01 Å². The molecule has 0 radical (unpaired) electrons. The minimum Gasteiger partial charge on any atom is -0.380 e. The van der Waals surface area contributed by atoms with Crippen LogP contribution in [-0.2, 0) is 11.3 Å². The highest BCUT2D eigenvalue weighted by Gasteiger charge is 1.93. The second-order valence-corrected chi connectivity index (χ2v) is 4.11. The lowest BCUT2D eigenvalue weighted by Gasteiger charge is -2.02. The summed E-state index contributed by atoms with van der Waals surface area (Å²) >= 11 is 7.13. The molecule has 0 spiro atoms. The fourth-order valence-electron chi connectivity index (χ4n) is 0.991. The fraction of sp³-hybridized carbons (Fsp3) is 0.667. The van der Waals surface area contributed by atoms with Crippen LogP contribution >= 0.6 is 22.9 Å². The van der Waals surface area contributed by atoms with Crippen LogP contribution in [0, 0.1) is 0 Å². The average molecular weight is 235 g/mol. The molecule has 0 fully saturated rings. The van der Waals surface area contributed by atoms with Crippen LogP contribution in [0.4, 0.5) is 0 Å². The van der Waals surface area contributed by atoms with Gasteiger partial charge in [-0.3, -0.25) is 0 Å². The number of rotatable bonds is 8. The van der Waals surface area contributed by atoms with Crippen molar-refractivity contribution in [1.29, 1.82) is 0 Å². The summed E-state index contributed by atoms with van der Waals surface area (Å²) in [6, 6.07) is 0. The van der Waals surface area contributed by atoms with E-state index in [2.05, 4.69) is 10.3 Å². The summed E-state index contributed by atoms with van der Waals surface area (Å²) < 4.78 is 5.24. The van der Waals surface area contributed by atoms with Crippen molar-refractivity contribution >= 4 is 22.9 Å². The van der Waals surface area contributed by atoms with Crippen LogP contribution in [0.1, 0.15) is 11.4 Å². The Balaban J connectivity index is 1.85. The molecule has 3 nitrogen and oxygen atoms in total. The Morgan fingerprint density at radius 3 is 3.14 bits per heavy atom. The Morgan fingerprint density at radius 2 is 2.43 bits per heavy atom. The molecule has 0 unspecified atom stereocenters. The fourth-order valence-corrected chi connectivity index (χ4v) is 1.69. The quantitative estimate of drug-likeness (QED) is 0.551.